The molecule has 0 unspecified atom stereocenters. The van der Waals surface area contributed by atoms with Gasteiger partial charge in [0.2, 0.25) is 11.8 Å². The van der Waals surface area contributed by atoms with Gasteiger partial charge in [-0.3, -0.25) is 14.6 Å². The molecule has 2 rings (SSSR count). The molecule has 1 saturated heterocycles. The summed E-state index contributed by atoms with van der Waals surface area (Å²) in [6.45, 7) is 0.544. The van der Waals surface area contributed by atoms with Gasteiger partial charge < -0.3 is 5.32 Å². The first-order valence-electron chi connectivity index (χ1n) is 4.96. The van der Waals surface area contributed by atoms with Crippen LogP contribution in [0.15, 0.2) is 12.4 Å². The predicted octanol–water partition coefficient (Wildman–Crippen LogP) is 1.24. The van der Waals surface area contributed by atoms with Crippen molar-refractivity contribution >= 4 is 40.7 Å². The number of carbonyl (C=O) groups excluding carboxylic acids is 2. The summed E-state index contributed by atoms with van der Waals surface area (Å²) in [5.74, 6) is -0.697. The number of nitrogens with zero attached hydrogens (tertiary/aromatic N) is 2. The van der Waals surface area contributed by atoms with Gasteiger partial charge in [0, 0.05) is 25.4 Å². The Morgan fingerprint density at radius 3 is 2.47 bits per heavy atom. The second kappa shape index (κ2) is 5.00. The van der Waals surface area contributed by atoms with E-state index in [4.69, 9.17) is 23.2 Å². The fraction of sp³-hybridized carbons (Fsp3) is 0.300. The lowest BCUT2D eigenvalue weighted by atomic mass is 10.3. The Labute approximate surface area is 108 Å². The first-order chi connectivity index (χ1) is 8.11. The molecule has 1 aliphatic rings. The number of hydrogen-bond acceptors (Lipinski definition) is 4. The van der Waals surface area contributed by atoms with Crippen LogP contribution in [0.2, 0.25) is 10.0 Å². The highest BCUT2D eigenvalue weighted by Crippen LogP contribution is 2.33. The number of anilines is 1. The molecule has 17 heavy (non-hydrogen) atoms. The van der Waals surface area contributed by atoms with Crippen LogP contribution in [-0.4, -0.2) is 29.9 Å². The first kappa shape index (κ1) is 12.3. The van der Waals surface area contributed by atoms with Crippen LogP contribution in [0.3, 0.4) is 0 Å². The van der Waals surface area contributed by atoms with Gasteiger partial charge in [0.25, 0.3) is 0 Å². The fourth-order valence-electron chi connectivity index (χ4n) is 1.59. The van der Waals surface area contributed by atoms with Crippen molar-refractivity contribution in [1.82, 2.24) is 10.3 Å². The number of halogens is 2. The van der Waals surface area contributed by atoms with Gasteiger partial charge in [-0.05, 0) is 0 Å². The zero-order chi connectivity index (χ0) is 12.4. The Balaban J connectivity index is 2.49. The summed E-state index contributed by atoms with van der Waals surface area (Å²) in [6, 6.07) is 0. The monoisotopic (exact) mass is 273 g/mol. The molecule has 0 aromatic carbocycles. The molecule has 90 valence electrons. The van der Waals surface area contributed by atoms with E-state index >= 15 is 0 Å². The molecule has 1 fully saturated rings. The van der Waals surface area contributed by atoms with Crippen LogP contribution in [-0.2, 0) is 9.59 Å². The summed E-state index contributed by atoms with van der Waals surface area (Å²) in [4.78, 5) is 28.5. The molecule has 0 spiro atoms. The molecule has 0 bridgehead atoms. The molecule has 2 amide bonds. The third-order valence-electron chi connectivity index (χ3n) is 2.34. The molecule has 0 radical (unpaired) electrons. The van der Waals surface area contributed by atoms with Gasteiger partial charge in [-0.15, -0.1) is 0 Å². The molecule has 1 aromatic rings. The zero-order valence-corrected chi connectivity index (χ0v) is 10.3. The van der Waals surface area contributed by atoms with Crippen molar-refractivity contribution in [1.29, 1.82) is 0 Å². The van der Waals surface area contributed by atoms with Crippen molar-refractivity contribution in [2.24, 2.45) is 0 Å². The molecule has 2 heterocycles. The molecule has 1 N–H and O–H groups in total. The molecule has 0 aliphatic carbocycles. The van der Waals surface area contributed by atoms with Crippen molar-refractivity contribution in [3.63, 3.8) is 0 Å². The van der Waals surface area contributed by atoms with Crippen molar-refractivity contribution in [3.05, 3.63) is 22.4 Å². The number of aromatic nitrogens is 1. The lowest BCUT2D eigenvalue weighted by molar-refractivity contribution is -0.125. The average molecular weight is 274 g/mol. The predicted molar refractivity (Wildman–Crippen MR) is 64.2 cm³/mol. The van der Waals surface area contributed by atoms with E-state index in [1.54, 1.807) is 0 Å². The van der Waals surface area contributed by atoms with Crippen molar-refractivity contribution in [3.8, 4) is 0 Å². The molecular weight excluding hydrogens is 265 g/mol. The van der Waals surface area contributed by atoms with E-state index in [1.165, 1.54) is 12.4 Å². The minimum absolute atomic E-state index is 0.0840. The van der Waals surface area contributed by atoms with Crippen LogP contribution < -0.4 is 10.2 Å². The van der Waals surface area contributed by atoms with E-state index in [1.807, 2.05) is 0 Å². The Morgan fingerprint density at radius 1 is 1.18 bits per heavy atom. The maximum Gasteiger partial charge on any atom is 0.247 e. The highest BCUT2D eigenvalue weighted by molar-refractivity contribution is 6.41. The van der Waals surface area contributed by atoms with Gasteiger partial charge in [-0.25, -0.2) is 4.90 Å². The van der Waals surface area contributed by atoms with Gasteiger partial charge in [0.15, 0.2) is 0 Å². The normalized spacial score (nSPS) is 17.2. The highest BCUT2D eigenvalue weighted by Gasteiger charge is 2.29. The van der Waals surface area contributed by atoms with E-state index in [2.05, 4.69) is 10.3 Å². The van der Waals surface area contributed by atoms with E-state index in [9.17, 15) is 9.59 Å². The number of pyridine rings is 1. The minimum atomic E-state index is -0.373. The van der Waals surface area contributed by atoms with E-state index in [0.717, 1.165) is 4.90 Å². The number of imide groups is 1. The summed E-state index contributed by atoms with van der Waals surface area (Å²) < 4.78 is 0. The smallest absolute Gasteiger partial charge is 0.247 e. The van der Waals surface area contributed by atoms with E-state index < -0.39 is 0 Å². The standard InChI is InChI=1S/C10H9Cl2N3O2/c11-6-3-14-4-7(12)10(6)15-8(16)1-2-13-5-9(15)17/h3-4,13H,1-2,5H2. The van der Waals surface area contributed by atoms with Crippen LogP contribution in [0.1, 0.15) is 6.42 Å². The third-order valence-corrected chi connectivity index (χ3v) is 2.90. The third kappa shape index (κ3) is 2.41. The summed E-state index contributed by atoms with van der Waals surface area (Å²) in [5, 5.41) is 3.22. The van der Waals surface area contributed by atoms with Crippen LogP contribution >= 0.6 is 23.2 Å². The summed E-state index contributed by atoms with van der Waals surface area (Å²) in [6.07, 6.45) is 2.92. The topological polar surface area (TPSA) is 62.3 Å². The van der Waals surface area contributed by atoms with E-state index in [0.29, 0.717) is 6.54 Å². The number of carbonyl (C=O) groups is 2. The summed E-state index contributed by atoms with van der Waals surface area (Å²) >= 11 is 11.9. The maximum absolute atomic E-state index is 11.9. The Hall–Kier alpha value is -1.17. The molecule has 5 nitrogen and oxygen atoms in total. The quantitative estimate of drug-likeness (QED) is 0.783. The number of nitrogens with one attached hydrogen (secondary N) is 1. The molecule has 1 aromatic heterocycles. The van der Waals surface area contributed by atoms with Gasteiger partial charge in [-0.1, -0.05) is 23.2 Å². The molecule has 0 atom stereocenters. The van der Waals surface area contributed by atoms with Crippen molar-refractivity contribution in [2.75, 3.05) is 18.0 Å². The number of rotatable bonds is 1. The Bertz CT molecular complexity index is 440. The van der Waals surface area contributed by atoms with E-state index in [-0.39, 0.29) is 40.5 Å². The Kier molecular flexibility index (Phi) is 3.61. The fourth-order valence-corrected chi connectivity index (χ4v) is 2.12. The highest BCUT2D eigenvalue weighted by atomic mass is 35.5. The minimum Gasteiger partial charge on any atom is -0.308 e. The molecule has 0 saturated carbocycles. The van der Waals surface area contributed by atoms with Crippen LogP contribution in [0, 0.1) is 0 Å². The largest absolute Gasteiger partial charge is 0.308 e. The van der Waals surface area contributed by atoms with Crippen molar-refractivity contribution < 1.29 is 9.59 Å². The Morgan fingerprint density at radius 2 is 1.82 bits per heavy atom. The molecule has 1 aliphatic heterocycles. The van der Waals surface area contributed by atoms with Crippen LogP contribution in [0.4, 0.5) is 5.69 Å². The summed E-state index contributed by atoms with van der Waals surface area (Å²) in [7, 11) is 0. The maximum atomic E-state index is 11.9. The lowest BCUT2D eigenvalue weighted by Crippen LogP contribution is -2.38. The number of hydrogen-bond donors (Lipinski definition) is 1. The summed E-state index contributed by atoms with van der Waals surface area (Å²) in [5.41, 5.74) is 0.210. The SMILES string of the molecule is O=C1CCNCC(=O)N1c1c(Cl)cncc1Cl. The second-order valence-corrected chi connectivity index (χ2v) is 4.32. The van der Waals surface area contributed by atoms with Crippen LogP contribution in [0.5, 0.6) is 0 Å². The lowest BCUT2D eigenvalue weighted by Gasteiger charge is -2.20. The molecule has 7 heteroatoms. The molecular formula is C10H9Cl2N3O2. The van der Waals surface area contributed by atoms with Gasteiger partial charge in [0.05, 0.1) is 22.3 Å². The average Bonchev–Trinajstić information content (AvgIpc) is 2.43. The van der Waals surface area contributed by atoms with Gasteiger partial charge in [0.1, 0.15) is 0 Å². The van der Waals surface area contributed by atoms with Gasteiger partial charge in [-0.2, -0.15) is 0 Å². The second-order valence-electron chi connectivity index (χ2n) is 3.50. The van der Waals surface area contributed by atoms with Gasteiger partial charge >= 0.3 is 0 Å². The number of amides is 2. The first-order valence-corrected chi connectivity index (χ1v) is 5.72. The zero-order valence-electron chi connectivity index (χ0n) is 8.74. The van der Waals surface area contributed by atoms with Crippen molar-refractivity contribution in [2.45, 2.75) is 6.42 Å². The van der Waals surface area contributed by atoms with Crippen LogP contribution in [0.25, 0.3) is 0 Å².